The lowest BCUT2D eigenvalue weighted by Gasteiger charge is -2.12. The van der Waals surface area contributed by atoms with E-state index in [-0.39, 0.29) is 17.6 Å². The van der Waals surface area contributed by atoms with Gasteiger partial charge in [-0.1, -0.05) is 25.0 Å². The van der Waals surface area contributed by atoms with E-state index in [2.05, 4.69) is 29.9 Å². The SMILES string of the molecule is COC(=O)c1ccc(NC(=O)Nc2cccc(C(=O)c3cn(C4CCCC4)c4ncnc(N)c34)c2)cc1. The summed E-state index contributed by atoms with van der Waals surface area (Å²) in [6.07, 6.45) is 7.59. The molecule has 0 saturated heterocycles. The predicted octanol–water partition coefficient (Wildman–Crippen LogP) is 4.79. The van der Waals surface area contributed by atoms with Crippen molar-refractivity contribution in [2.75, 3.05) is 23.5 Å². The van der Waals surface area contributed by atoms with Crippen LogP contribution in [0.5, 0.6) is 0 Å². The lowest BCUT2D eigenvalue weighted by atomic mass is 10.0. The van der Waals surface area contributed by atoms with E-state index in [0.717, 1.165) is 25.7 Å². The lowest BCUT2D eigenvalue weighted by Crippen LogP contribution is -2.19. The van der Waals surface area contributed by atoms with Crippen molar-refractivity contribution in [2.45, 2.75) is 31.7 Å². The van der Waals surface area contributed by atoms with Gasteiger partial charge in [-0.05, 0) is 49.2 Å². The number of methoxy groups -OCH3 is 1. The number of ketones is 1. The van der Waals surface area contributed by atoms with Crippen LogP contribution in [-0.4, -0.2) is 39.4 Å². The van der Waals surface area contributed by atoms with Crippen molar-refractivity contribution < 1.29 is 19.1 Å². The Morgan fingerprint density at radius 2 is 1.70 bits per heavy atom. The Bertz CT molecular complexity index is 1490. The third-order valence-corrected chi connectivity index (χ3v) is 6.55. The fourth-order valence-corrected chi connectivity index (χ4v) is 4.74. The molecule has 1 saturated carbocycles. The van der Waals surface area contributed by atoms with Gasteiger partial charge in [0, 0.05) is 29.2 Å². The van der Waals surface area contributed by atoms with E-state index in [1.165, 1.54) is 13.4 Å². The molecule has 0 radical (unpaired) electrons. The molecule has 4 aromatic rings. The van der Waals surface area contributed by atoms with Gasteiger partial charge in [-0.3, -0.25) is 4.79 Å². The van der Waals surface area contributed by atoms with Crippen LogP contribution in [0.25, 0.3) is 11.0 Å². The number of ether oxygens (including phenoxy) is 1. The van der Waals surface area contributed by atoms with Gasteiger partial charge in [0.2, 0.25) is 0 Å². The average molecular weight is 499 g/mol. The number of amides is 2. The first-order valence-electron chi connectivity index (χ1n) is 12.0. The number of aromatic nitrogens is 3. The van der Waals surface area contributed by atoms with Crippen LogP contribution in [-0.2, 0) is 4.74 Å². The molecule has 1 fully saturated rings. The van der Waals surface area contributed by atoms with E-state index >= 15 is 0 Å². The van der Waals surface area contributed by atoms with Crippen molar-refractivity contribution in [1.82, 2.24) is 14.5 Å². The molecule has 10 heteroatoms. The second-order valence-corrected chi connectivity index (χ2v) is 8.90. The molecule has 2 aromatic carbocycles. The Morgan fingerprint density at radius 3 is 2.43 bits per heavy atom. The van der Waals surface area contributed by atoms with Crippen LogP contribution in [0, 0.1) is 0 Å². The number of hydrogen-bond donors (Lipinski definition) is 3. The summed E-state index contributed by atoms with van der Waals surface area (Å²) >= 11 is 0. The maximum atomic E-state index is 13.6. The molecule has 0 unspecified atom stereocenters. The highest BCUT2D eigenvalue weighted by Gasteiger charge is 2.25. The highest BCUT2D eigenvalue weighted by Crippen LogP contribution is 2.35. The van der Waals surface area contributed by atoms with E-state index in [1.54, 1.807) is 48.5 Å². The molecule has 0 spiro atoms. The molecule has 4 N–H and O–H groups in total. The minimum absolute atomic E-state index is 0.231. The molecule has 10 nitrogen and oxygen atoms in total. The van der Waals surface area contributed by atoms with Gasteiger partial charge in [0.1, 0.15) is 17.8 Å². The van der Waals surface area contributed by atoms with E-state index in [0.29, 0.717) is 39.1 Å². The fraction of sp³-hybridized carbons (Fsp3) is 0.222. The van der Waals surface area contributed by atoms with Crippen LogP contribution in [0.2, 0.25) is 0 Å². The zero-order valence-electron chi connectivity index (χ0n) is 20.2. The van der Waals surface area contributed by atoms with Crippen molar-refractivity contribution in [3.05, 3.63) is 77.7 Å². The van der Waals surface area contributed by atoms with Gasteiger partial charge in [0.15, 0.2) is 5.78 Å². The number of carbonyl (C=O) groups is 3. The number of urea groups is 1. The number of hydrogen-bond acceptors (Lipinski definition) is 7. The Labute approximate surface area is 212 Å². The monoisotopic (exact) mass is 498 g/mol. The third-order valence-electron chi connectivity index (χ3n) is 6.55. The maximum Gasteiger partial charge on any atom is 0.337 e. The summed E-state index contributed by atoms with van der Waals surface area (Å²) in [5, 5.41) is 5.98. The van der Waals surface area contributed by atoms with Crippen molar-refractivity contribution in [3.8, 4) is 0 Å². The molecule has 2 amide bonds. The molecular weight excluding hydrogens is 472 g/mol. The smallest absolute Gasteiger partial charge is 0.337 e. The number of nitrogens with zero attached hydrogens (tertiary/aromatic N) is 3. The second kappa shape index (κ2) is 10.1. The number of esters is 1. The van der Waals surface area contributed by atoms with Crippen LogP contribution in [0.3, 0.4) is 0 Å². The number of nitrogen functional groups attached to an aromatic ring is 1. The van der Waals surface area contributed by atoms with Gasteiger partial charge in [0.05, 0.1) is 23.6 Å². The normalized spacial score (nSPS) is 13.4. The van der Waals surface area contributed by atoms with Gasteiger partial charge in [-0.25, -0.2) is 19.6 Å². The predicted molar refractivity (Wildman–Crippen MR) is 140 cm³/mol. The van der Waals surface area contributed by atoms with Crippen molar-refractivity contribution in [2.24, 2.45) is 0 Å². The molecule has 0 atom stereocenters. The first kappa shape index (κ1) is 24.0. The number of nitrogens with two attached hydrogens (primary N) is 1. The summed E-state index contributed by atoms with van der Waals surface area (Å²) in [7, 11) is 1.30. The molecule has 2 aromatic heterocycles. The van der Waals surface area contributed by atoms with E-state index in [4.69, 9.17) is 5.73 Å². The number of nitrogens with one attached hydrogen (secondary N) is 2. The molecule has 1 aliphatic rings. The third kappa shape index (κ3) is 4.86. The van der Waals surface area contributed by atoms with Crippen molar-refractivity contribution in [1.29, 1.82) is 0 Å². The zero-order valence-corrected chi connectivity index (χ0v) is 20.2. The molecule has 188 valence electrons. The largest absolute Gasteiger partial charge is 0.465 e. The highest BCUT2D eigenvalue weighted by atomic mass is 16.5. The summed E-state index contributed by atoms with van der Waals surface area (Å²) in [6.45, 7) is 0. The fourth-order valence-electron chi connectivity index (χ4n) is 4.74. The quantitative estimate of drug-likeness (QED) is 0.256. The first-order valence-corrected chi connectivity index (χ1v) is 12.0. The summed E-state index contributed by atoms with van der Waals surface area (Å²) in [5.41, 5.74) is 8.99. The molecule has 5 rings (SSSR count). The standard InChI is InChI=1S/C27H26N6O4/c1-37-26(35)16-9-11-18(12-10-16)31-27(36)32-19-6-4-5-17(13-19)23(34)21-14-33(20-7-2-3-8-20)25-22(21)24(28)29-15-30-25/h4-6,9-15,20H,2-3,7-8H2,1H3,(H2,28,29,30)(H2,31,32,36). The van der Waals surface area contributed by atoms with Gasteiger partial charge >= 0.3 is 12.0 Å². The Balaban J connectivity index is 1.36. The van der Waals surface area contributed by atoms with Gasteiger partial charge in [0.25, 0.3) is 0 Å². The summed E-state index contributed by atoms with van der Waals surface area (Å²) < 4.78 is 6.72. The minimum Gasteiger partial charge on any atom is -0.465 e. The van der Waals surface area contributed by atoms with Crippen molar-refractivity contribution >= 4 is 46.0 Å². The van der Waals surface area contributed by atoms with Crippen LogP contribution in [0.15, 0.2) is 61.1 Å². The summed E-state index contributed by atoms with van der Waals surface area (Å²) in [5.74, 6) is -0.431. The zero-order chi connectivity index (χ0) is 25.9. The number of fused-ring (bicyclic) bond motifs is 1. The Morgan fingerprint density at radius 1 is 0.973 bits per heavy atom. The van der Waals surface area contributed by atoms with Crippen LogP contribution < -0.4 is 16.4 Å². The van der Waals surface area contributed by atoms with E-state index in [1.807, 2.05) is 6.20 Å². The van der Waals surface area contributed by atoms with Gasteiger partial charge in [-0.15, -0.1) is 0 Å². The number of rotatable bonds is 6. The lowest BCUT2D eigenvalue weighted by molar-refractivity contribution is 0.0600. The Hall–Kier alpha value is -4.73. The molecular formula is C27H26N6O4. The average Bonchev–Trinajstić information content (AvgIpc) is 3.57. The molecule has 0 bridgehead atoms. The van der Waals surface area contributed by atoms with Gasteiger partial charge in [-0.2, -0.15) is 0 Å². The summed E-state index contributed by atoms with van der Waals surface area (Å²) in [4.78, 5) is 46.2. The number of anilines is 3. The number of benzene rings is 2. The maximum absolute atomic E-state index is 13.6. The van der Waals surface area contributed by atoms with Crippen LogP contribution in [0.1, 0.15) is 58.0 Å². The molecule has 1 aliphatic carbocycles. The van der Waals surface area contributed by atoms with Crippen LogP contribution >= 0.6 is 0 Å². The van der Waals surface area contributed by atoms with Crippen LogP contribution in [0.4, 0.5) is 22.0 Å². The topological polar surface area (TPSA) is 141 Å². The summed E-state index contributed by atoms with van der Waals surface area (Å²) in [6, 6.07) is 12.8. The first-order chi connectivity index (χ1) is 17.9. The van der Waals surface area contributed by atoms with E-state index < -0.39 is 12.0 Å². The van der Waals surface area contributed by atoms with Crippen molar-refractivity contribution in [3.63, 3.8) is 0 Å². The minimum atomic E-state index is -0.495. The Kier molecular flexibility index (Phi) is 6.55. The van der Waals surface area contributed by atoms with E-state index in [9.17, 15) is 14.4 Å². The highest BCUT2D eigenvalue weighted by molar-refractivity contribution is 6.18. The number of carbonyl (C=O) groups excluding carboxylic acids is 3. The molecule has 0 aliphatic heterocycles. The van der Waals surface area contributed by atoms with Gasteiger partial charge < -0.3 is 25.7 Å². The molecule has 2 heterocycles. The molecule has 37 heavy (non-hydrogen) atoms. The second-order valence-electron chi connectivity index (χ2n) is 8.90.